The number of nitrogens with one attached hydrogen (secondary N) is 2. The molecule has 5 aromatic rings. The van der Waals surface area contributed by atoms with Crippen molar-refractivity contribution in [3.05, 3.63) is 95.1 Å². The number of aryl methyl sites for hydroxylation is 2. The summed E-state index contributed by atoms with van der Waals surface area (Å²) in [7, 11) is 0. The molecule has 0 spiro atoms. The molecule has 10 heteroatoms. The van der Waals surface area contributed by atoms with E-state index in [1.54, 1.807) is 13.8 Å². The highest BCUT2D eigenvalue weighted by molar-refractivity contribution is 5.96. The lowest BCUT2D eigenvalue weighted by atomic mass is 9.96. The maximum atomic E-state index is 12.8. The second-order valence-electron chi connectivity index (χ2n) is 11.0. The summed E-state index contributed by atoms with van der Waals surface area (Å²) in [4.78, 5) is 29.1. The predicted octanol–water partition coefficient (Wildman–Crippen LogP) is 5.83. The molecule has 0 saturated carbocycles. The van der Waals surface area contributed by atoms with Crippen molar-refractivity contribution in [2.45, 2.75) is 59.6 Å². The molecule has 222 valence electrons. The average molecular weight is 580 g/mol. The summed E-state index contributed by atoms with van der Waals surface area (Å²) in [6.45, 7) is 8.31. The van der Waals surface area contributed by atoms with Gasteiger partial charge in [-0.3, -0.25) is 4.79 Å². The van der Waals surface area contributed by atoms with Crippen molar-refractivity contribution in [3.63, 3.8) is 0 Å². The average Bonchev–Trinajstić information content (AvgIpc) is 3.68. The number of ether oxygens (including phenoxy) is 1. The standard InChI is InChI=1S/C33H37N7O3/c1-5-6-12-29-35-30-21(2)17-26(34-33(42)23(4)22(3)20-41)18-28(30)40(29)19-24-13-15-27(16-14-24)43-31(32-36-38-39-37-32)25-10-8-7-9-11-25/h7-11,13-18,20,22-23,31H,5-6,12,19H2,1-4H3,(H,34,42)(H,36,37,38,39). The first-order chi connectivity index (χ1) is 20.9. The van der Waals surface area contributed by atoms with E-state index in [4.69, 9.17) is 9.72 Å². The van der Waals surface area contributed by atoms with E-state index in [0.29, 0.717) is 23.8 Å². The van der Waals surface area contributed by atoms with Gasteiger partial charge in [-0.05, 0) is 48.7 Å². The van der Waals surface area contributed by atoms with Gasteiger partial charge < -0.3 is 19.4 Å². The molecule has 3 atom stereocenters. The number of tetrazole rings is 1. The molecule has 0 bridgehead atoms. The van der Waals surface area contributed by atoms with E-state index in [1.165, 1.54) is 0 Å². The van der Waals surface area contributed by atoms with E-state index in [9.17, 15) is 9.59 Å². The molecule has 0 saturated heterocycles. The summed E-state index contributed by atoms with van der Waals surface area (Å²) < 4.78 is 8.56. The number of aldehydes is 1. The minimum atomic E-state index is -0.502. The van der Waals surface area contributed by atoms with Gasteiger partial charge in [-0.1, -0.05) is 74.9 Å². The maximum absolute atomic E-state index is 12.8. The Balaban J connectivity index is 1.42. The number of aromatic amines is 1. The van der Waals surface area contributed by atoms with E-state index in [-0.39, 0.29) is 11.8 Å². The van der Waals surface area contributed by atoms with Crippen LogP contribution in [0.3, 0.4) is 0 Å². The van der Waals surface area contributed by atoms with Gasteiger partial charge >= 0.3 is 0 Å². The molecule has 3 unspecified atom stereocenters. The molecular weight excluding hydrogens is 542 g/mol. The largest absolute Gasteiger partial charge is 0.478 e. The van der Waals surface area contributed by atoms with Crippen LogP contribution in [-0.4, -0.2) is 42.4 Å². The number of imidazole rings is 1. The van der Waals surface area contributed by atoms with E-state index < -0.39 is 12.0 Å². The number of fused-ring (bicyclic) bond motifs is 1. The fourth-order valence-electron chi connectivity index (χ4n) is 5.00. The highest BCUT2D eigenvalue weighted by atomic mass is 16.5. The van der Waals surface area contributed by atoms with Crippen molar-refractivity contribution in [2.24, 2.45) is 11.8 Å². The zero-order chi connectivity index (χ0) is 30.3. The summed E-state index contributed by atoms with van der Waals surface area (Å²) in [6.07, 6.45) is 3.25. The van der Waals surface area contributed by atoms with Gasteiger partial charge in [0.2, 0.25) is 11.7 Å². The van der Waals surface area contributed by atoms with Gasteiger partial charge in [0.05, 0.1) is 11.0 Å². The lowest BCUT2D eigenvalue weighted by Crippen LogP contribution is -2.26. The Morgan fingerprint density at radius 2 is 1.86 bits per heavy atom. The van der Waals surface area contributed by atoms with Gasteiger partial charge in [-0.15, -0.1) is 10.2 Å². The Kier molecular flexibility index (Phi) is 9.24. The van der Waals surface area contributed by atoms with Crippen LogP contribution >= 0.6 is 0 Å². The Morgan fingerprint density at radius 1 is 1.09 bits per heavy atom. The highest BCUT2D eigenvalue weighted by Crippen LogP contribution is 2.29. The quantitative estimate of drug-likeness (QED) is 0.168. The van der Waals surface area contributed by atoms with Crippen LogP contribution in [0, 0.1) is 18.8 Å². The smallest absolute Gasteiger partial charge is 0.227 e. The Hall–Kier alpha value is -4.86. The molecule has 0 radical (unpaired) electrons. The lowest BCUT2D eigenvalue weighted by molar-refractivity contribution is -0.124. The first-order valence-corrected chi connectivity index (χ1v) is 14.7. The Morgan fingerprint density at radius 3 is 2.53 bits per heavy atom. The van der Waals surface area contributed by atoms with Crippen LogP contribution in [0.5, 0.6) is 5.75 Å². The SMILES string of the molecule is CCCCc1nc2c(C)cc(NC(=O)C(C)C(C)C=O)cc2n1Cc1ccc(OC(c2ccccc2)c2nn[nH]n2)cc1. The second kappa shape index (κ2) is 13.4. The number of rotatable bonds is 13. The predicted molar refractivity (Wildman–Crippen MR) is 165 cm³/mol. The number of aromatic nitrogens is 6. The third kappa shape index (κ3) is 6.80. The van der Waals surface area contributed by atoms with Crippen molar-refractivity contribution in [2.75, 3.05) is 5.32 Å². The minimum Gasteiger partial charge on any atom is -0.478 e. The van der Waals surface area contributed by atoms with Gasteiger partial charge in [0.25, 0.3) is 0 Å². The van der Waals surface area contributed by atoms with Crippen molar-refractivity contribution >= 4 is 28.9 Å². The van der Waals surface area contributed by atoms with Crippen molar-refractivity contribution in [1.29, 1.82) is 0 Å². The third-order valence-electron chi connectivity index (χ3n) is 7.78. The second-order valence-corrected chi connectivity index (χ2v) is 11.0. The number of unbranched alkanes of at least 4 members (excludes halogenated alkanes) is 1. The molecule has 2 heterocycles. The summed E-state index contributed by atoms with van der Waals surface area (Å²) in [5.74, 6) is 1.17. The lowest BCUT2D eigenvalue weighted by Gasteiger charge is -2.17. The number of H-pyrrole nitrogens is 1. The van der Waals surface area contributed by atoms with Crippen LogP contribution in [0.25, 0.3) is 11.0 Å². The van der Waals surface area contributed by atoms with Crippen LogP contribution in [0.1, 0.15) is 68.1 Å². The number of carbonyl (C=O) groups excluding carboxylic acids is 2. The molecule has 2 aromatic heterocycles. The summed E-state index contributed by atoms with van der Waals surface area (Å²) >= 11 is 0. The first-order valence-electron chi connectivity index (χ1n) is 14.7. The van der Waals surface area contributed by atoms with E-state index in [2.05, 4.69) is 37.4 Å². The fourth-order valence-corrected chi connectivity index (χ4v) is 5.00. The molecule has 1 amide bonds. The van der Waals surface area contributed by atoms with E-state index in [0.717, 1.165) is 59.1 Å². The van der Waals surface area contributed by atoms with E-state index in [1.807, 2.05) is 73.7 Å². The van der Waals surface area contributed by atoms with Gasteiger partial charge in [0.1, 0.15) is 17.9 Å². The molecule has 0 aliphatic rings. The highest BCUT2D eigenvalue weighted by Gasteiger charge is 2.22. The topological polar surface area (TPSA) is 128 Å². The number of hydrogen-bond donors (Lipinski definition) is 2. The monoisotopic (exact) mass is 579 g/mol. The number of carbonyl (C=O) groups is 2. The normalized spacial score (nSPS) is 13.4. The number of amides is 1. The number of hydrogen-bond acceptors (Lipinski definition) is 7. The van der Waals surface area contributed by atoms with Gasteiger partial charge in [0.15, 0.2) is 6.10 Å². The Labute approximate surface area is 250 Å². The fraction of sp³-hybridized carbons (Fsp3) is 0.333. The van der Waals surface area contributed by atoms with Crippen LogP contribution in [0.2, 0.25) is 0 Å². The van der Waals surface area contributed by atoms with Crippen molar-refractivity contribution < 1.29 is 14.3 Å². The van der Waals surface area contributed by atoms with Crippen LogP contribution < -0.4 is 10.1 Å². The van der Waals surface area contributed by atoms with Crippen LogP contribution in [-0.2, 0) is 22.6 Å². The molecule has 5 rings (SSSR count). The molecule has 0 fully saturated rings. The summed E-state index contributed by atoms with van der Waals surface area (Å²) in [5, 5.41) is 17.5. The van der Waals surface area contributed by atoms with Gasteiger partial charge in [-0.25, -0.2) is 4.98 Å². The van der Waals surface area contributed by atoms with Crippen LogP contribution in [0.4, 0.5) is 5.69 Å². The van der Waals surface area contributed by atoms with Gasteiger partial charge in [0, 0.05) is 36.1 Å². The van der Waals surface area contributed by atoms with Crippen molar-refractivity contribution in [3.8, 4) is 5.75 Å². The number of benzene rings is 3. The van der Waals surface area contributed by atoms with Crippen molar-refractivity contribution in [1.82, 2.24) is 30.2 Å². The number of anilines is 1. The minimum absolute atomic E-state index is 0.180. The molecule has 3 aromatic carbocycles. The number of nitrogens with zero attached hydrogens (tertiary/aromatic N) is 5. The zero-order valence-electron chi connectivity index (χ0n) is 24.9. The summed E-state index contributed by atoms with van der Waals surface area (Å²) in [6, 6.07) is 21.7. The molecule has 43 heavy (non-hydrogen) atoms. The molecule has 0 aliphatic heterocycles. The van der Waals surface area contributed by atoms with Gasteiger partial charge in [-0.2, -0.15) is 5.21 Å². The van der Waals surface area contributed by atoms with E-state index >= 15 is 0 Å². The zero-order valence-corrected chi connectivity index (χ0v) is 24.9. The molecule has 2 N–H and O–H groups in total. The molecule has 0 aliphatic carbocycles. The third-order valence-corrected chi connectivity index (χ3v) is 7.78. The first kappa shape index (κ1) is 29.6. The summed E-state index contributed by atoms with van der Waals surface area (Å²) in [5.41, 5.74) is 5.56. The molecule has 10 nitrogen and oxygen atoms in total. The van der Waals surface area contributed by atoms with Crippen LogP contribution in [0.15, 0.2) is 66.7 Å². The Bertz CT molecular complexity index is 1660. The molecular formula is C33H37N7O3. The maximum Gasteiger partial charge on any atom is 0.227 e.